The van der Waals surface area contributed by atoms with Gasteiger partial charge in [-0.05, 0) is 54.1 Å². The van der Waals surface area contributed by atoms with Gasteiger partial charge >= 0.3 is 5.69 Å². The number of carbonyl (C=O) groups is 1. The molecule has 0 saturated carbocycles. The quantitative estimate of drug-likeness (QED) is 0.298. The van der Waals surface area contributed by atoms with Crippen LogP contribution in [0.4, 0.5) is 0 Å². The minimum atomic E-state index is -0.539. The lowest BCUT2D eigenvalue weighted by atomic mass is 10.1. The lowest BCUT2D eigenvalue weighted by Gasteiger charge is -2.12. The SMILES string of the molecule is COc1ccc(-c2cn(-c3ccccc3)c(=O)n2C(=O)/C=C/c2cc(OC)c(OC)c(OC)c2)cc1OC. The molecule has 0 aliphatic carbocycles. The summed E-state index contributed by atoms with van der Waals surface area (Å²) in [5, 5.41) is 0. The van der Waals surface area contributed by atoms with Crippen LogP contribution < -0.4 is 29.4 Å². The van der Waals surface area contributed by atoms with Crippen LogP contribution in [0.5, 0.6) is 28.7 Å². The fourth-order valence-corrected chi connectivity index (χ4v) is 4.07. The Bertz CT molecular complexity index is 1510. The summed E-state index contributed by atoms with van der Waals surface area (Å²) >= 11 is 0. The zero-order chi connectivity index (χ0) is 27.2. The van der Waals surface area contributed by atoms with Crippen LogP contribution in [0.15, 0.2) is 77.7 Å². The van der Waals surface area contributed by atoms with Gasteiger partial charge in [-0.1, -0.05) is 18.2 Å². The highest BCUT2D eigenvalue weighted by atomic mass is 16.5. The van der Waals surface area contributed by atoms with Crippen molar-refractivity contribution in [3.8, 4) is 45.7 Å². The molecule has 1 heterocycles. The molecular formula is C29H28N2O7. The number of benzene rings is 3. The topological polar surface area (TPSA) is 90.2 Å². The van der Waals surface area contributed by atoms with Crippen molar-refractivity contribution in [3.05, 3.63) is 89.0 Å². The molecule has 0 atom stereocenters. The van der Waals surface area contributed by atoms with Crippen LogP contribution in [0.1, 0.15) is 10.4 Å². The Hall–Kier alpha value is -4.92. The fourth-order valence-electron chi connectivity index (χ4n) is 4.07. The molecule has 4 aromatic rings. The van der Waals surface area contributed by atoms with Crippen molar-refractivity contribution in [2.24, 2.45) is 0 Å². The Kier molecular flexibility index (Phi) is 7.86. The van der Waals surface area contributed by atoms with E-state index >= 15 is 0 Å². The van der Waals surface area contributed by atoms with E-state index in [1.807, 2.05) is 18.2 Å². The fraction of sp³-hybridized carbons (Fsp3) is 0.172. The van der Waals surface area contributed by atoms with E-state index in [9.17, 15) is 9.59 Å². The number of rotatable bonds is 9. The summed E-state index contributed by atoms with van der Waals surface area (Å²) in [5.74, 6) is 1.78. The van der Waals surface area contributed by atoms with Gasteiger partial charge in [-0.25, -0.2) is 9.36 Å². The van der Waals surface area contributed by atoms with Gasteiger partial charge in [0.15, 0.2) is 23.0 Å². The third-order valence-electron chi connectivity index (χ3n) is 5.93. The number of nitrogens with zero attached hydrogens (tertiary/aromatic N) is 2. The molecule has 9 nitrogen and oxygen atoms in total. The second-order valence-corrected chi connectivity index (χ2v) is 8.04. The molecule has 0 spiro atoms. The predicted octanol–water partition coefficient (Wildman–Crippen LogP) is 4.70. The Morgan fingerprint density at radius 2 is 1.37 bits per heavy atom. The third kappa shape index (κ3) is 4.99. The number of aromatic nitrogens is 2. The first-order chi connectivity index (χ1) is 18.4. The Balaban J connectivity index is 1.83. The molecule has 0 bridgehead atoms. The molecule has 0 amide bonds. The van der Waals surface area contributed by atoms with Crippen LogP contribution in [-0.2, 0) is 0 Å². The van der Waals surface area contributed by atoms with Crippen LogP contribution >= 0.6 is 0 Å². The van der Waals surface area contributed by atoms with Crippen molar-refractivity contribution < 1.29 is 28.5 Å². The smallest absolute Gasteiger partial charge is 0.340 e. The zero-order valence-corrected chi connectivity index (χ0v) is 21.8. The molecule has 38 heavy (non-hydrogen) atoms. The van der Waals surface area contributed by atoms with Crippen LogP contribution in [0.25, 0.3) is 23.0 Å². The van der Waals surface area contributed by atoms with Crippen LogP contribution in [-0.4, -0.2) is 50.6 Å². The third-order valence-corrected chi connectivity index (χ3v) is 5.93. The molecule has 0 radical (unpaired) electrons. The van der Waals surface area contributed by atoms with Crippen LogP contribution in [0.3, 0.4) is 0 Å². The van der Waals surface area contributed by atoms with Gasteiger partial charge in [0.1, 0.15) is 0 Å². The summed E-state index contributed by atoms with van der Waals surface area (Å²) in [5.41, 5.74) is 1.72. The predicted molar refractivity (Wildman–Crippen MR) is 144 cm³/mol. The highest BCUT2D eigenvalue weighted by Crippen LogP contribution is 2.38. The first kappa shape index (κ1) is 26.2. The van der Waals surface area contributed by atoms with Crippen molar-refractivity contribution in [2.45, 2.75) is 0 Å². The molecule has 4 rings (SSSR count). The molecule has 0 unspecified atom stereocenters. The van der Waals surface area contributed by atoms with E-state index in [4.69, 9.17) is 23.7 Å². The molecule has 0 saturated heterocycles. The standard InChI is InChI=1S/C29H28N2O7/c1-34-23-13-12-20(17-24(23)35-2)22-18-30(21-9-7-6-8-10-21)29(33)31(22)27(32)14-11-19-15-25(36-3)28(38-5)26(16-19)37-4/h6-18H,1-5H3/b14-11+. The summed E-state index contributed by atoms with van der Waals surface area (Å²) in [6, 6.07) is 17.7. The highest BCUT2D eigenvalue weighted by Gasteiger charge is 2.20. The molecule has 0 N–H and O–H groups in total. The number of allylic oxidation sites excluding steroid dienone is 1. The van der Waals surface area contributed by atoms with E-state index in [0.29, 0.717) is 51.3 Å². The van der Waals surface area contributed by atoms with Crippen molar-refractivity contribution in [3.63, 3.8) is 0 Å². The van der Waals surface area contributed by atoms with E-state index in [2.05, 4.69) is 0 Å². The van der Waals surface area contributed by atoms with Crippen molar-refractivity contribution in [1.29, 1.82) is 0 Å². The number of hydrogen-bond donors (Lipinski definition) is 0. The van der Waals surface area contributed by atoms with E-state index in [1.54, 1.807) is 54.7 Å². The Morgan fingerprint density at radius 3 is 1.95 bits per heavy atom. The molecule has 0 fully saturated rings. The molecular weight excluding hydrogens is 488 g/mol. The largest absolute Gasteiger partial charge is 0.493 e. The van der Waals surface area contributed by atoms with Crippen molar-refractivity contribution in [1.82, 2.24) is 9.13 Å². The van der Waals surface area contributed by atoms with Gasteiger partial charge in [0.05, 0.1) is 46.9 Å². The average Bonchev–Trinajstić information content (AvgIpc) is 3.32. The summed E-state index contributed by atoms with van der Waals surface area (Å²) in [6.07, 6.45) is 4.53. The molecule has 0 aliphatic heterocycles. The first-order valence-electron chi connectivity index (χ1n) is 11.6. The van der Waals surface area contributed by atoms with E-state index in [-0.39, 0.29) is 0 Å². The lowest BCUT2D eigenvalue weighted by molar-refractivity contribution is 0.0967. The molecule has 0 aliphatic rings. The molecule has 1 aromatic heterocycles. The van der Waals surface area contributed by atoms with Gasteiger partial charge in [-0.3, -0.25) is 9.36 Å². The average molecular weight is 517 g/mol. The number of carbonyl (C=O) groups excluding carboxylic acids is 1. The maximum Gasteiger partial charge on any atom is 0.340 e. The number of hydrogen-bond acceptors (Lipinski definition) is 7. The second-order valence-electron chi connectivity index (χ2n) is 8.04. The summed E-state index contributed by atoms with van der Waals surface area (Å²) in [7, 11) is 7.60. The van der Waals surface area contributed by atoms with E-state index < -0.39 is 11.6 Å². The van der Waals surface area contributed by atoms with Gasteiger partial charge in [0.2, 0.25) is 5.75 Å². The van der Waals surface area contributed by atoms with Gasteiger partial charge in [-0.2, -0.15) is 0 Å². The summed E-state index contributed by atoms with van der Waals surface area (Å²) in [4.78, 5) is 27.0. The number of imidazole rings is 1. The minimum absolute atomic E-state index is 0.388. The number of methoxy groups -OCH3 is 5. The second kappa shape index (κ2) is 11.4. The normalized spacial score (nSPS) is 10.9. The zero-order valence-electron chi connectivity index (χ0n) is 21.8. The van der Waals surface area contributed by atoms with Crippen LogP contribution in [0.2, 0.25) is 0 Å². The Morgan fingerprint density at radius 1 is 0.737 bits per heavy atom. The summed E-state index contributed by atoms with van der Waals surface area (Å²) < 4.78 is 29.5. The van der Waals surface area contributed by atoms with Gasteiger partial charge in [0.25, 0.3) is 5.91 Å². The first-order valence-corrected chi connectivity index (χ1v) is 11.6. The molecule has 9 heteroatoms. The Labute approximate surface area is 220 Å². The van der Waals surface area contributed by atoms with E-state index in [0.717, 1.165) is 4.57 Å². The monoisotopic (exact) mass is 516 g/mol. The summed E-state index contributed by atoms with van der Waals surface area (Å²) in [6.45, 7) is 0. The van der Waals surface area contributed by atoms with Crippen LogP contribution in [0, 0.1) is 0 Å². The van der Waals surface area contributed by atoms with Gasteiger partial charge in [0, 0.05) is 17.8 Å². The van der Waals surface area contributed by atoms with E-state index in [1.165, 1.54) is 46.2 Å². The van der Waals surface area contributed by atoms with Crippen molar-refractivity contribution in [2.75, 3.05) is 35.5 Å². The highest BCUT2D eigenvalue weighted by molar-refractivity contribution is 5.96. The minimum Gasteiger partial charge on any atom is -0.493 e. The lowest BCUT2D eigenvalue weighted by Crippen LogP contribution is -2.27. The number of ether oxygens (including phenoxy) is 5. The van der Waals surface area contributed by atoms with Crippen molar-refractivity contribution >= 4 is 12.0 Å². The number of para-hydroxylation sites is 1. The maximum atomic E-state index is 13.5. The van der Waals surface area contributed by atoms with Gasteiger partial charge < -0.3 is 23.7 Å². The van der Waals surface area contributed by atoms with Gasteiger partial charge in [-0.15, -0.1) is 0 Å². The maximum absolute atomic E-state index is 13.5. The molecule has 196 valence electrons. The molecule has 3 aromatic carbocycles.